The van der Waals surface area contributed by atoms with Crippen LogP contribution >= 0.6 is 0 Å². The number of carbonyl (C=O) groups is 2. The number of rotatable bonds is 5. The maximum absolute atomic E-state index is 13.5. The van der Waals surface area contributed by atoms with Crippen LogP contribution in [0.1, 0.15) is 13.8 Å². The zero-order valence-electron chi connectivity index (χ0n) is 13.2. The minimum Gasteiger partial charge on any atom is -0.374 e. The summed E-state index contributed by atoms with van der Waals surface area (Å²) in [5, 5.41) is 7.90. The molecule has 0 bridgehead atoms. The van der Waals surface area contributed by atoms with Gasteiger partial charge in [0.15, 0.2) is 0 Å². The van der Waals surface area contributed by atoms with Gasteiger partial charge in [-0.25, -0.2) is 8.78 Å². The molecule has 7 heteroatoms. The first-order chi connectivity index (χ1) is 11.3. The molecule has 0 radical (unpaired) electrons. The fourth-order valence-corrected chi connectivity index (χ4v) is 2.00. The van der Waals surface area contributed by atoms with Gasteiger partial charge < -0.3 is 16.0 Å². The number of hydrogen-bond acceptors (Lipinski definition) is 3. The second kappa shape index (κ2) is 7.54. The summed E-state index contributed by atoms with van der Waals surface area (Å²) in [4.78, 5) is 23.0. The van der Waals surface area contributed by atoms with Crippen LogP contribution in [-0.2, 0) is 9.59 Å². The van der Waals surface area contributed by atoms with E-state index in [4.69, 9.17) is 0 Å². The van der Waals surface area contributed by atoms with Crippen LogP contribution in [0.15, 0.2) is 42.5 Å². The third kappa shape index (κ3) is 4.77. The van der Waals surface area contributed by atoms with E-state index in [-0.39, 0.29) is 11.6 Å². The van der Waals surface area contributed by atoms with Gasteiger partial charge in [-0.05, 0) is 43.3 Å². The van der Waals surface area contributed by atoms with E-state index in [1.54, 1.807) is 31.2 Å². The summed E-state index contributed by atoms with van der Waals surface area (Å²) in [5.41, 5.74) is 1.06. The second-order valence-electron chi connectivity index (χ2n) is 5.24. The fourth-order valence-electron chi connectivity index (χ4n) is 2.00. The SMILES string of the molecule is CC(=O)Nc1ccc(NC(C)C(=O)Nc2cc(F)ccc2F)cc1. The average molecular weight is 333 g/mol. The Kier molecular flexibility index (Phi) is 5.47. The smallest absolute Gasteiger partial charge is 0.246 e. The van der Waals surface area contributed by atoms with Crippen molar-refractivity contribution in [1.29, 1.82) is 0 Å². The summed E-state index contributed by atoms with van der Waals surface area (Å²) in [7, 11) is 0. The molecule has 2 aromatic rings. The number of halogens is 2. The van der Waals surface area contributed by atoms with Gasteiger partial charge in [0.25, 0.3) is 0 Å². The van der Waals surface area contributed by atoms with E-state index in [1.807, 2.05) is 0 Å². The van der Waals surface area contributed by atoms with Crippen LogP contribution in [0.5, 0.6) is 0 Å². The van der Waals surface area contributed by atoms with Gasteiger partial charge in [-0.2, -0.15) is 0 Å². The lowest BCUT2D eigenvalue weighted by Gasteiger charge is -2.16. The van der Waals surface area contributed by atoms with E-state index in [9.17, 15) is 18.4 Å². The molecule has 3 N–H and O–H groups in total. The van der Waals surface area contributed by atoms with E-state index in [0.717, 1.165) is 18.2 Å². The predicted octanol–water partition coefficient (Wildman–Crippen LogP) is 3.36. The Morgan fingerprint density at radius 3 is 2.21 bits per heavy atom. The van der Waals surface area contributed by atoms with Crippen molar-refractivity contribution in [2.24, 2.45) is 0 Å². The van der Waals surface area contributed by atoms with Crippen LogP contribution in [0.3, 0.4) is 0 Å². The maximum atomic E-state index is 13.5. The number of anilines is 3. The van der Waals surface area contributed by atoms with Gasteiger partial charge in [0.2, 0.25) is 11.8 Å². The Hall–Kier alpha value is -2.96. The molecule has 24 heavy (non-hydrogen) atoms. The van der Waals surface area contributed by atoms with Gasteiger partial charge in [-0.1, -0.05) is 0 Å². The lowest BCUT2D eigenvalue weighted by Crippen LogP contribution is -2.32. The molecule has 0 saturated heterocycles. The number of amides is 2. The summed E-state index contributed by atoms with van der Waals surface area (Å²) in [6.45, 7) is 3.00. The Balaban J connectivity index is 1.98. The van der Waals surface area contributed by atoms with Crippen LogP contribution in [0.2, 0.25) is 0 Å². The molecular formula is C17H17F2N3O2. The topological polar surface area (TPSA) is 70.2 Å². The number of benzene rings is 2. The molecule has 0 aliphatic rings. The minimum absolute atomic E-state index is 0.180. The molecule has 2 amide bonds. The monoisotopic (exact) mass is 333 g/mol. The van der Waals surface area contributed by atoms with Gasteiger partial charge in [0.05, 0.1) is 5.69 Å². The van der Waals surface area contributed by atoms with Crippen LogP contribution in [0.4, 0.5) is 25.8 Å². The first-order valence-electron chi connectivity index (χ1n) is 7.25. The highest BCUT2D eigenvalue weighted by Crippen LogP contribution is 2.17. The molecular weight excluding hydrogens is 316 g/mol. The summed E-state index contributed by atoms with van der Waals surface area (Å²) < 4.78 is 26.6. The lowest BCUT2D eigenvalue weighted by molar-refractivity contribution is -0.116. The zero-order valence-corrected chi connectivity index (χ0v) is 13.2. The lowest BCUT2D eigenvalue weighted by atomic mass is 10.2. The largest absolute Gasteiger partial charge is 0.374 e. The van der Waals surface area contributed by atoms with Crippen molar-refractivity contribution in [3.8, 4) is 0 Å². The molecule has 0 aliphatic heterocycles. The molecule has 0 aromatic heterocycles. The van der Waals surface area contributed by atoms with Gasteiger partial charge >= 0.3 is 0 Å². The van der Waals surface area contributed by atoms with Gasteiger partial charge in [-0.3, -0.25) is 9.59 Å². The Morgan fingerprint density at radius 1 is 0.958 bits per heavy atom. The van der Waals surface area contributed by atoms with E-state index in [1.165, 1.54) is 6.92 Å². The normalized spacial score (nSPS) is 11.5. The van der Waals surface area contributed by atoms with Crippen molar-refractivity contribution >= 4 is 28.9 Å². The highest BCUT2D eigenvalue weighted by molar-refractivity contribution is 5.96. The van der Waals surface area contributed by atoms with Crippen LogP contribution < -0.4 is 16.0 Å². The van der Waals surface area contributed by atoms with E-state index >= 15 is 0 Å². The highest BCUT2D eigenvalue weighted by atomic mass is 19.1. The van der Waals surface area contributed by atoms with Crippen molar-refractivity contribution < 1.29 is 18.4 Å². The van der Waals surface area contributed by atoms with Crippen molar-refractivity contribution in [2.75, 3.05) is 16.0 Å². The van der Waals surface area contributed by atoms with E-state index in [0.29, 0.717) is 11.4 Å². The maximum Gasteiger partial charge on any atom is 0.246 e. The summed E-state index contributed by atoms with van der Waals surface area (Å²) in [6.07, 6.45) is 0. The third-order valence-electron chi connectivity index (χ3n) is 3.17. The van der Waals surface area contributed by atoms with Gasteiger partial charge in [-0.15, -0.1) is 0 Å². The first-order valence-corrected chi connectivity index (χ1v) is 7.25. The quantitative estimate of drug-likeness (QED) is 0.786. The van der Waals surface area contributed by atoms with Gasteiger partial charge in [0.1, 0.15) is 17.7 Å². The molecule has 5 nitrogen and oxygen atoms in total. The molecule has 0 fully saturated rings. The number of nitrogens with one attached hydrogen (secondary N) is 3. The van der Waals surface area contributed by atoms with Crippen molar-refractivity contribution in [3.05, 3.63) is 54.1 Å². The number of hydrogen-bond donors (Lipinski definition) is 3. The van der Waals surface area contributed by atoms with Crippen LogP contribution in [-0.4, -0.2) is 17.9 Å². The second-order valence-corrected chi connectivity index (χ2v) is 5.24. The molecule has 126 valence electrons. The first kappa shape index (κ1) is 17.4. The average Bonchev–Trinajstić information content (AvgIpc) is 2.52. The summed E-state index contributed by atoms with van der Waals surface area (Å²) in [5.74, 6) is -2.04. The van der Waals surface area contributed by atoms with Crippen molar-refractivity contribution in [1.82, 2.24) is 0 Å². The minimum atomic E-state index is -0.711. The number of carbonyl (C=O) groups excluding carboxylic acids is 2. The van der Waals surface area contributed by atoms with Crippen molar-refractivity contribution in [3.63, 3.8) is 0 Å². The molecule has 0 spiro atoms. The zero-order chi connectivity index (χ0) is 17.7. The van der Waals surface area contributed by atoms with Crippen molar-refractivity contribution in [2.45, 2.75) is 19.9 Å². The third-order valence-corrected chi connectivity index (χ3v) is 3.17. The van der Waals surface area contributed by atoms with Crippen LogP contribution in [0, 0.1) is 11.6 Å². The Morgan fingerprint density at radius 2 is 1.58 bits per heavy atom. The predicted molar refractivity (Wildman–Crippen MR) is 88.8 cm³/mol. The van der Waals surface area contributed by atoms with E-state index < -0.39 is 23.6 Å². The molecule has 1 atom stereocenters. The molecule has 0 saturated carbocycles. The molecule has 2 rings (SSSR count). The molecule has 0 heterocycles. The molecule has 0 aliphatic carbocycles. The summed E-state index contributed by atoms with van der Waals surface area (Å²) >= 11 is 0. The Bertz CT molecular complexity index is 748. The fraction of sp³-hybridized carbons (Fsp3) is 0.176. The van der Waals surface area contributed by atoms with Gasteiger partial charge in [0, 0.05) is 24.4 Å². The van der Waals surface area contributed by atoms with E-state index in [2.05, 4.69) is 16.0 Å². The summed E-state index contributed by atoms with van der Waals surface area (Å²) in [6, 6.07) is 8.91. The Labute approximate surface area is 138 Å². The standard InChI is InChI=1S/C17H17F2N3O2/c1-10(17(24)22-16-9-12(18)3-8-15(16)19)20-13-4-6-14(7-5-13)21-11(2)23/h3-10,20H,1-2H3,(H,21,23)(H,22,24). The molecule has 1 unspecified atom stereocenters. The highest BCUT2D eigenvalue weighted by Gasteiger charge is 2.15. The molecule has 2 aromatic carbocycles. The van der Waals surface area contributed by atoms with Crippen LogP contribution in [0.25, 0.3) is 0 Å².